The van der Waals surface area contributed by atoms with E-state index in [0.717, 1.165) is 31.7 Å². The Hall–Kier alpha value is -0.940. The van der Waals surface area contributed by atoms with E-state index in [4.69, 9.17) is 5.73 Å². The van der Waals surface area contributed by atoms with Crippen LogP contribution in [0.5, 0.6) is 0 Å². The molecule has 0 amide bonds. The van der Waals surface area contributed by atoms with Crippen molar-refractivity contribution in [2.24, 2.45) is 12.8 Å². The van der Waals surface area contributed by atoms with Gasteiger partial charge in [0, 0.05) is 32.4 Å². The molecule has 15 heavy (non-hydrogen) atoms. The highest BCUT2D eigenvalue weighted by Gasteiger charge is 2.11. The second kappa shape index (κ2) is 5.82. The van der Waals surface area contributed by atoms with Gasteiger partial charge >= 0.3 is 0 Å². The molecule has 0 aromatic carbocycles. The lowest BCUT2D eigenvalue weighted by Crippen LogP contribution is -2.32. The lowest BCUT2D eigenvalue weighted by Gasteiger charge is -2.24. The molecule has 1 heterocycles. The van der Waals surface area contributed by atoms with Gasteiger partial charge in [0.05, 0.1) is 5.69 Å². The van der Waals surface area contributed by atoms with Crippen molar-refractivity contribution in [2.75, 3.05) is 13.1 Å². The Balaban J connectivity index is 2.50. The maximum atomic E-state index is 5.52. The van der Waals surface area contributed by atoms with Gasteiger partial charge in [-0.1, -0.05) is 5.21 Å². The highest BCUT2D eigenvalue weighted by molar-refractivity contribution is 4.92. The Morgan fingerprint density at radius 1 is 1.53 bits per heavy atom. The molecule has 0 bridgehead atoms. The molecule has 86 valence electrons. The van der Waals surface area contributed by atoms with E-state index in [1.165, 1.54) is 0 Å². The second-order valence-corrected chi connectivity index (χ2v) is 4.09. The quantitative estimate of drug-likeness (QED) is 0.738. The van der Waals surface area contributed by atoms with Crippen molar-refractivity contribution in [3.63, 3.8) is 0 Å². The van der Waals surface area contributed by atoms with Crippen LogP contribution in [0.25, 0.3) is 0 Å². The molecular formula is C10H21N5. The minimum Gasteiger partial charge on any atom is -0.330 e. The minimum absolute atomic E-state index is 0.513. The third kappa shape index (κ3) is 3.97. The van der Waals surface area contributed by atoms with Gasteiger partial charge in [0.25, 0.3) is 0 Å². The fourth-order valence-corrected chi connectivity index (χ4v) is 1.49. The summed E-state index contributed by atoms with van der Waals surface area (Å²) in [7, 11) is 1.89. The number of nitrogens with zero attached hydrogens (tertiary/aromatic N) is 4. The van der Waals surface area contributed by atoms with Crippen LogP contribution in [-0.4, -0.2) is 39.0 Å². The van der Waals surface area contributed by atoms with Crippen LogP contribution < -0.4 is 5.73 Å². The van der Waals surface area contributed by atoms with Gasteiger partial charge in [-0.05, 0) is 26.8 Å². The second-order valence-electron chi connectivity index (χ2n) is 4.09. The van der Waals surface area contributed by atoms with E-state index in [0.29, 0.717) is 6.04 Å². The number of rotatable bonds is 6. The smallest absolute Gasteiger partial charge is 0.0967 e. The lowest BCUT2D eigenvalue weighted by atomic mass is 10.2. The largest absolute Gasteiger partial charge is 0.330 e. The summed E-state index contributed by atoms with van der Waals surface area (Å²) in [6, 6.07) is 0.513. The number of aryl methyl sites for hydroxylation is 1. The summed E-state index contributed by atoms with van der Waals surface area (Å²) in [5, 5.41) is 8.01. The van der Waals surface area contributed by atoms with Crippen molar-refractivity contribution < 1.29 is 0 Å². The Kier molecular flexibility index (Phi) is 4.71. The molecular weight excluding hydrogens is 190 g/mol. The van der Waals surface area contributed by atoms with E-state index in [1.54, 1.807) is 4.68 Å². The molecule has 0 aliphatic carbocycles. The number of hydrogen-bond donors (Lipinski definition) is 1. The summed E-state index contributed by atoms with van der Waals surface area (Å²) < 4.78 is 1.73. The Labute approximate surface area is 91.2 Å². The summed E-state index contributed by atoms with van der Waals surface area (Å²) in [6.45, 7) is 6.99. The summed E-state index contributed by atoms with van der Waals surface area (Å²) in [6.07, 6.45) is 2.98. The van der Waals surface area contributed by atoms with Crippen LogP contribution in [0, 0.1) is 0 Å². The third-order valence-electron chi connectivity index (χ3n) is 2.39. The van der Waals surface area contributed by atoms with Gasteiger partial charge in [-0.25, -0.2) is 0 Å². The summed E-state index contributed by atoms with van der Waals surface area (Å²) in [5.41, 5.74) is 6.53. The van der Waals surface area contributed by atoms with E-state index < -0.39 is 0 Å². The fraction of sp³-hybridized carbons (Fsp3) is 0.800. The average molecular weight is 211 g/mol. The van der Waals surface area contributed by atoms with Crippen LogP contribution in [0.2, 0.25) is 0 Å². The van der Waals surface area contributed by atoms with Crippen LogP contribution >= 0.6 is 0 Å². The summed E-state index contributed by atoms with van der Waals surface area (Å²) in [5.74, 6) is 0. The predicted octanol–water partition coefficient (Wildman–Crippen LogP) is 0.374. The Morgan fingerprint density at radius 2 is 2.27 bits per heavy atom. The van der Waals surface area contributed by atoms with Gasteiger partial charge < -0.3 is 5.73 Å². The first kappa shape index (κ1) is 12.1. The zero-order valence-electron chi connectivity index (χ0n) is 9.85. The van der Waals surface area contributed by atoms with Crippen molar-refractivity contribution in [3.8, 4) is 0 Å². The molecule has 0 saturated heterocycles. The van der Waals surface area contributed by atoms with E-state index in [2.05, 4.69) is 29.1 Å². The molecule has 0 atom stereocenters. The number of nitrogens with two attached hydrogens (primary N) is 1. The first-order chi connectivity index (χ1) is 7.13. The number of aromatic nitrogens is 3. The van der Waals surface area contributed by atoms with Crippen LogP contribution in [0.15, 0.2) is 6.20 Å². The molecule has 1 aromatic heterocycles. The normalized spacial score (nSPS) is 11.6. The van der Waals surface area contributed by atoms with Crippen molar-refractivity contribution in [1.82, 2.24) is 19.9 Å². The highest BCUT2D eigenvalue weighted by atomic mass is 15.4. The molecule has 0 aliphatic rings. The van der Waals surface area contributed by atoms with Gasteiger partial charge in [0.2, 0.25) is 0 Å². The monoisotopic (exact) mass is 211 g/mol. The molecule has 1 rings (SSSR count). The van der Waals surface area contributed by atoms with Crippen LogP contribution in [0.1, 0.15) is 26.0 Å². The predicted molar refractivity (Wildman–Crippen MR) is 60.2 cm³/mol. The fourth-order valence-electron chi connectivity index (χ4n) is 1.49. The Bertz CT molecular complexity index is 281. The van der Waals surface area contributed by atoms with E-state index >= 15 is 0 Å². The van der Waals surface area contributed by atoms with Crippen molar-refractivity contribution in [2.45, 2.75) is 32.9 Å². The minimum atomic E-state index is 0.513. The van der Waals surface area contributed by atoms with E-state index in [-0.39, 0.29) is 0 Å². The molecule has 0 aliphatic heterocycles. The van der Waals surface area contributed by atoms with Gasteiger partial charge in [0.15, 0.2) is 0 Å². The van der Waals surface area contributed by atoms with Gasteiger partial charge in [-0.15, -0.1) is 5.10 Å². The lowest BCUT2D eigenvalue weighted by molar-refractivity contribution is 0.209. The zero-order valence-corrected chi connectivity index (χ0v) is 9.85. The van der Waals surface area contributed by atoms with Gasteiger partial charge in [-0.2, -0.15) is 0 Å². The van der Waals surface area contributed by atoms with E-state index in [9.17, 15) is 0 Å². The maximum absolute atomic E-state index is 5.52. The SMILES string of the molecule is CC(C)N(CCCN)Cc1cn(C)nn1. The maximum Gasteiger partial charge on any atom is 0.0967 e. The first-order valence-electron chi connectivity index (χ1n) is 5.42. The third-order valence-corrected chi connectivity index (χ3v) is 2.39. The molecule has 0 spiro atoms. The summed E-state index contributed by atoms with van der Waals surface area (Å²) >= 11 is 0. The average Bonchev–Trinajstić information content (AvgIpc) is 2.58. The molecule has 0 fully saturated rings. The molecule has 5 nitrogen and oxygen atoms in total. The molecule has 5 heteroatoms. The van der Waals surface area contributed by atoms with Crippen LogP contribution in [0.3, 0.4) is 0 Å². The van der Waals surface area contributed by atoms with Crippen molar-refractivity contribution in [1.29, 1.82) is 0 Å². The van der Waals surface area contributed by atoms with E-state index in [1.807, 2.05) is 13.2 Å². The van der Waals surface area contributed by atoms with Crippen molar-refractivity contribution >= 4 is 0 Å². The first-order valence-corrected chi connectivity index (χ1v) is 5.42. The Morgan fingerprint density at radius 3 is 2.73 bits per heavy atom. The molecule has 0 unspecified atom stereocenters. The molecule has 0 saturated carbocycles. The number of hydrogen-bond acceptors (Lipinski definition) is 4. The standard InChI is InChI=1S/C10H21N5/c1-9(2)15(6-4-5-11)8-10-7-14(3)13-12-10/h7,9H,4-6,8,11H2,1-3H3. The van der Waals surface area contributed by atoms with Gasteiger partial charge in [-0.3, -0.25) is 9.58 Å². The van der Waals surface area contributed by atoms with Gasteiger partial charge in [0.1, 0.15) is 0 Å². The molecule has 0 radical (unpaired) electrons. The van der Waals surface area contributed by atoms with Crippen LogP contribution in [0.4, 0.5) is 0 Å². The molecule has 2 N–H and O–H groups in total. The van der Waals surface area contributed by atoms with Crippen LogP contribution in [-0.2, 0) is 13.6 Å². The topological polar surface area (TPSA) is 60.0 Å². The highest BCUT2D eigenvalue weighted by Crippen LogP contribution is 2.05. The summed E-state index contributed by atoms with van der Waals surface area (Å²) in [4.78, 5) is 2.36. The zero-order chi connectivity index (χ0) is 11.3. The molecule has 1 aromatic rings. The van der Waals surface area contributed by atoms with Crippen molar-refractivity contribution in [3.05, 3.63) is 11.9 Å².